The van der Waals surface area contributed by atoms with E-state index in [9.17, 15) is 4.80 Å². The molecule has 0 N–H and O–H groups in total. The van der Waals surface area contributed by atoms with Gasteiger partial charge in [0.25, 0.3) is 0 Å². The fraction of sp³-hybridized carbons (Fsp3) is 1.00. The smallest absolute Gasteiger partial charge is 0.0675 e. The molecule has 0 heterocycles. The van der Waals surface area contributed by atoms with Gasteiger partial charge in [-0.05, 0) is 8.32 Å². The summed E-state index contributed by atoms with van der Waals surface area (Å²) >= 11 is 0. The fourth-order valence-corrected chi connectivity index (χ4v) is 2.25. The van der Waals surface area contributed by atoms with Crippen molar-refractivity contribution >= 4 is 8.32 Å². The van der Waals surface area contributed by atoms with Crippen molar-refractivity contribution < 1.29 is 9.28 Å². The lowest BCUT2D eigenvalue weighted by Gasteiger charge is -2.35. The Hall–Kier alpha value is 0.137. The van der Waals surface area contributed by atoms with Crippen molar-refractivity contribution in [1.82, 2.24) is 0 Å². The third-order valence-electron chi connectivity index (χ3n) is 1.93. The van der Waals surface area contributed by atoms with Crippen LogP contribution in [-0.4, -0.2) is 41.0 Å². The van der Waals surface area contributed by atoms with Crippen molar-refractivity contribution in [2.75, 3.05) is 28.2 Å². The number of hydrogen-bond acceptors (Lipinski definition) is 1. The molecular weight excluding hydrogens is 178 g/mol. The highest BCUT2D eigenvalue weighted by Gasteiger charge is 2.08. The molecule has 0 saturated carbocycles. The van der Waals surface area contributed by atoms with Gasteiger partial charge >= 0.3 is 0 Å². The maximum Gasteiger partial charge on any atom is 0.0675 e. The van der Waals surface area contributed by atoms with Gasteiger partial charge in [0.05, 0.1) is 28.2 Å². The van der Waals surface area contributed by atoms with Crippen molar-refractivity contribution in [3.63, 3.8) is 0 Å². The number of nitrogens with zero attached hydrogens (tertiary/aromatic N) is 1. The average molecular weight is 205 g/mol. The maximum atomic E-state index is 11.3. The predicted octanol–water partition coefficient (Wildman–Crippen LogP) is 1.67. The van der Waals surface area contributed by atoms with Gasteiger partial charge in [-0.15, -0.1) is 0 Å². The van der Waals surface area contributed by atoms with Crippen LogP contribution in [-0.2, 0) is 0 Å². The molecular formula is C10H27NOSi. The highest BCUT2D eigenvalue weighted by Crippen LogP contribution is 2.11. The van der Waals surface area contributed by atoms with Crippen molar-refractivity contribution in [2.45, 2.75) is 38.9 Å². The van der Waals surface area contributed by atoms with E-state index in [0.29, 0.717) is 0 Å². The van der Waals surface area contributed by atoms with E-state index in [2.05, 4.69) is 28.2 Å². The van der Waals surface area contributed by atoms with Gasteiger partial charge < -0.3 is 9.28 Å². The van der Waals surface area contributed by atoms with Crippen molar-refractivity contribution in [2.24, 2.45) is 0 Å². The Morgan fingerprint density at radius 3 is 1.00 bits per heavy atom. The van der Waals surface area contributed by atoms with Crippen LogP contribution in [0.2, 0.25) is 18.1 Å². The van der Waals surface area contributed by atoms with Crippen LogP contribution in [0.1, 0.15) is 20.8 Å². The molecule has 3 heteroatoms. The zero-order chi connectivity index (χ0) is 11.1. The van der Waals surface area contributed by atoms with E-state index in [1.807, 2.05) is 20.8 Å². The lowest BCUT2D eigenvalue weighted by Crippen LogP contribution is -2.47. The molecule has 2 nitrogen and oxygen atoms in total. The van der Waals surface area contributed by atoms with Gasteiger partial charge in [0, 0.05) is 0 Å². The lowest BCUT2D eigenvalue weighted by atomic mass is 10.8. The van der Waals surface area contributed by atoms with E-state index >= 15 is 0 Å². The van der Waals surface area contributed by atoms with Gasteiger partial charge in [-0.25, -0.2) is 0 Å². The van der Waals surface area contributed by atoms with Crippen LogP contribution in [0, 0.1) is 0 Å². The molecule has 0 aromatic heterocycles. The Balaban J connectivity index is 0. The Morgan fingerprint density at radius 1 is 0.846 bits per heavy atom. The van der Waals surface area contributed by atoms with Crippen LogP contribution in [0.5, 0.6) is 0 Å². The van der Waals surface area contributed by atoms with Gasteiger partial charge in [0.1, 0.15) is 0 Å². The Bertz CT molecular complexity index is 102. The lowest BCUT2D eigenvalue weighted by molar-refractivity contribution is -0.849. The molecule has 0 aromatic rings. The van der Waals surface area contributed by atoms with Gasteiger partial charge in [0.15, 0.2) is 0 Å². The van der Waals surface area contributed by atoms with Gasteiger partial charge in [-0.2, -0.15) is 0 Å². The van der Waals surface area contributed by atoms with Gasteiger partial charge in [-0.1, -0.05) is 38.9 Å². The van der Waals surface area contributed by atoms with E-state index in [1.54, 1.807) is 0 Å². The van der Waals surface area contributed by atoms with Crippen LogP contribution < -0.4 is 4.80 Å². The largest absolute Gasteiger partial charge is 0.858 e. The molecule has 0 aromatic carbocycles. The summed E-state index contributed by atoms with van der Waals surface area (Å²) in [4.78, 5) is 11.3. The second kappa shape index (κ2) is 6.57. The molecule has 0 unspecified atom stereocenters. The molecule has 0 aliphatic heterocycles. The second-order valence-electron chi connectivity index (χ2n) is 4.93. The highest BCUT2D eigenvalue weighted by molar-refractivity contribution is 6.70. The molecule has 82 valence electrons. The summed E-state index contributed by atoms with van der Waals surface area (Å²) < 4.78 is 1.00. The van der Waals surface area contributed by atoms with Crippen LogP contribution in [0.25, 0.3) is 0 Å². The Morgan fingerprint density at radius 2 is 1.00 bits per heavy atom. The minimum atomic E-state index is -1.92. The Kier molecular flexibility index (Phi) is 7.88. The van der Waals surface area contributed by atoms with Crippen LogP contribution in [0.4, 0.5) is 0 Å². The summed E-state index contributed by atoms with van der Waals surface area (Å²) in [5.74, 6) is 0. The normalized spacial score (nSPS) is 12.0. The van der Waals surface area contributed by atoms with Crippen molar-refractivity contribution in [3.05, 3.63) is 0 Å². The zero-order valence-electron chi connectivity index (χ0n) is 10.5. The van der Waals surface area contributed by atoms with Gasteiger partial charge in [-0.3, -0.25) is 0 Å². The third kappa shape index (κ3) is 14.9. The molecule has 0 saturated heterocycles. The van der Waals surface area contributed by atoms with Crippen LogP contribution >= 0.6 is 0 Å². The highest BCUT2D eigenvalue weighted by atomic mass is 28.4. The van der Waals surface area contributed by atoms with Crippen LogP contribution in [0.15, 0.2) is 0 Å². The minimum Gasteiger partial charge on any atom is -0.858 e. The Labute approximate surface area is 85.3 Å². The summed E-state index contributed by atoms with van der Waals surface area (Å²) in [6, 6.07) is 2.71. The van der Waals surface area contributed by atoms with Crippen molar-refractivity contribution in [3.8, 4) is 0 Å². The second-order valence-corrected chi connectivity index (χ2v) is 9.41. The molecule has 13 heavy (non-hydrogen) atoms. The number of rotatable bonds is 3. The standard InChI is InChI=1S/C6H15OSi.C4H12N/c1-4-8(7,5-2)6-3;1-5(2,3)4/h4-6H2,1-3H3;1-4H3/q-1;+1. The van der Waals surface area contributed by atoms with E-state index in [1.165, 1.54) is 0 Å². The summed E-state index contributed by atoms with van der Waals surface area (Å²) in [6.07, 6.45) is 0. The topological polar surface area (TPSA) is 23.1 Å². The molecule has 0 atom stereocenters. The first-order valence-electron chi connectivity index (χ1n) is 5.17. The van der Waals surface area contributed by atoms with Crippen LogP contribution in [0.3, 0.4) is 0 Å². The molecule has 0 aliphatic rings. The van der Waals surface area contributed by atoms with E-state index in [0.717, 1.165) is 22.6 Å². The quantitative estimate of drug-likeness (QED) is 0.508. The zero-order valence-corrected chi connectivity index (χ0v) is 11.5. The molecule has 0 rings (SSSR count). The number of hydrogen-bond donors (Lipinski definition) is 0. The van der Waals surface area contributed by atoms with Gasteiger partial charge in [0.2, 0.25) is 0 Å². The fourth-order valence-electron chi connectivity index (χ4n) is 0.750. The SMILES string of the molecule is CC[Si]([O-])(CC)CC.C[N+](C)(C)C. The monoisotopic (exact) mass is 205 g/mol. The maximum absolute atomic E-state index is 11.3. The first kappa shape index (κ1) is 15.6. The molecule has 0 fully saturated rings. The molecule has 0 radical (unpaired) electrons. The summed E-state index contributed by atoms with van der Waals surface area (Å²) in [5, 5.41) is 0. The molecule has 0 spiro atoms. The summed E-state index contributed by atoms with van der Waals surface area (Å²) in [5.41, 5.74) is 0. The molecule has 0 bridgehead atoms. The predicted molar refractivity (Wildman–Crippen MR) is 61.2 cm³/mol. The third-order valence-corrected chi connectivity index (χ3v) is 5.80. The summed E-state index contributed by atoms with van der Waals surface area (Å²) in [7, 11) is 6.58. The first-order valence-corrected chi connectivity index (χ1v) is 7.70. The molecule has 0 amide bonds. The van der Waals surface area contributed by atoms with E-state index < -0.39 is 8.32 Å². The minimum absolute atomic E-state index is 0.903. The van der Waals surface area contributed by atoms with E-state index in [-0.39, 0.29) is 0 Å². The van der Waals surface area contributed by atoms with Crippen molar-refractivity contribution in [1.29, 1.82) is 0 Å². The average Bonchev–Trinajstić information content (AvgIpc) is 2.00. The summed E-state index contributed by atoms with van der Waals surface area (Å²) in [6.45, 7) is 6.06. The van der Waals surface area contributed by atoms with E-state index in [4.69, 9.17) is 0 Å². The molecule has 0 aliphatic carbocycles. The number of quaternary nitrogens is 1. The first-order chi connectivity index (χ1) is 5.68.